The Labute approximate surface area is 127 Å². The van der Waals surface area contributed by atoms with E-state index in [-0.39, 0.29) is 5.54 Å². The summed E-state index contributed by atoms with van der Waals surface area (Å²) in [6.45, 7) is 8.81. The summed E-state index contributed by atoms with van der Waals surface area (Å²) in [5.41, 5.74) is 3.88. The zero-order valence-electron chi connectivity index (χ0n) is 13.2. The summed E-state index contributed by atoms with van der Waals surface area (Å²) < 4.78 is 0. The van der Waals surface area contributed by atoms with Gasteiger partial charge in [0.1, 0.15) is 6.10 Å². The molecule has 0 radical (unpaired) electrons. The second-order valence-electron chi connectivity index (χ2n) is 6.41. The number of rotatable bonds is 4. The van der Waals surface area contributed by atoms with Crippen molar-refractivity contribution in [2.24, 2.45) is 0 Å². The van der Waals surface area contributed by atoms with Crippen molar-refractivity contribution in [3.63, 3.8) is 0 Å². The minimum atomic E-state index is -0.604. The van der Waals surface area contributed by atoms with Gasteiger partial charge in [0.25, 0.3) is 0 Å². The van der Waals surface area contributed by atoms with Gasteiger partial charge < -0.3 is 10.4 Å². The molecule has 0 saturated carbocycles. The molecule has 0 unspecified atom stereocenters. The highest BCUT2D eigenvalue weighted by Crippen LogP contribution is 2.22. The topological polar surface area (TPSA) is 45.1 Å². The molecule has 3 heteroatoms. The second-order valence-corrected chi connectivity index (χ2v) is 6.41. The molecule has 2 aromatic rings. The van der Waals surface area contributed by atoms with Crippen LogP contribution in [-0.4, -0.2) is 22.2 Å². The summed E-state index contributed by atoms with van der Waals surface area (Å²) in [6.07, 6.45) is -0.604. The van der Waals surface area contributed by atoms with Gasteiger partial charge in [-0.25, -0.2) is 0 Å². The number of aryl methyl sites for hydroxylation is 1. The number of benzene rings is 1. The first-order chi connectivity index (χ1) is 9.87. The predicted molar refractivity (Wildman–Crippen MR) is 87.1 cm³/mol. The van der Waals surface area contributed by atoms with E-state index in [0.717, 1.165) is 11.3 Å². The molecule has 0 fully saturated rings. The minimum absolute atomic E-state index is 0.0192. The standard InChI is InChI=1S/C18H24N2O/c1-13-8-5-6-9-14(13)15-10-7-11-16(20-15)17(21)12-19-18(2,3)4/h5-11,17,19,21H,12H2,1-4H3/t17-/m0/s1. The number of nitrogens with one attached hydrogen (secondary N) is 1. The summed E-state index contributed by atoms with van der Waals surface area (Å²) in [6, 6.07) is 14.0. The average Bonchev–Trinajstić information content (AvgIpc) is 2.44. The maximum absolute atomic E-state index is 10.3. The monoisotopic (exact) mass is 284 g/mol. The van der Waals surface area contributed by atoms with Gasteiger partial charge in [-0.05, 0) is 45.4 Å². The van der Waals surface area contributed by atoms with E-state index in [1.807, 2.05) is 30.3 Å². The van der Waals surface area contributed by atoms with Gasteiger partial charge in [0.2, 0.25) is 0 Å². The molecule has 1 aromatic carbocycles. The molecular formula is C18H24N2O. The van der Waals surface area contributed by atoms with Crippen LogP contribution < -0.4 is 5.32 Å². The van der Waals surface area contributed by atoms with Gasteiger partial charge in [-0.3, -0.25) is 4.98 Å². The quantitative estimate of drug-likeness (QED) is 0.903. The van der Waals surface area contributed by atoms with Gasteiger partial charge in [-0.15, -0.1) is 0 Å². The normalized spacial score (nSPS) is 13.2. The van der Waals surface area contributed by atoms with Crippen molar-refractivity contribution in [2.45, 2.75) is 39.3 Å². The highest BCUT2D eigenvalue weighted by Gasteiger charge is 2.15. The van der Waals surface area contributed by atoms with Crippen LogP contribution in [0.2, 0.25) is 0 Å². The van der Waals surface area contributed by atoms with Crippen LogP contribution in [0.15, 0.2) is 42.5 Å². The molecule has 2 N–H and O–H groups in total. The Kier molecular flexibility index (Phi) is 4.76. The fourth-order valence-corrected chi connectivity index (χ4v) is 2.15. The van der Waals surface area contributed by atoms with Gasteiger partial charge in [0.15, 0.2) is 0 Å². The van der Waals surface area contributed by atoms with Crippen LogP contribution >= 0.6 is 0 Å². The largest absolute Gasteiger partial charge is 0.385 e. The molecule has 0 bridgehead atoms. The molecule has 112 valence electrons. The van der Waals surface area contributed by atoms with Crippen molar-refractivity contribution in [1.29, 1.82) is 0 Å². The molecular weight excluding hydrogens is 260 g/mol. The maximum Gasteiger partial charge on any atom is 0.108 e. The Hall–Kier alpha value is -1.71. The van der Waals surface area contributed by atoms with E-state index in [4.69, 9.17) is 0 Å². The zero-order valence-corrected chi connectivity index (χ0v) is 13.2. The number of aliphatic hydroxyl groups is 1. The number of β-amino-alcohol motifs (C(OH)–C–C–N with tert-alkyl or cyclic N) is 1. The average molecular weight is 284 g/mol. The first kappa shape index (κ1) is 15.7. The van der Waals surface area contributed by atoms with Crippen molar-refractivity contribution < 1.29 is 5.11 Å². The van der Waals surface area contributed by atoms with Crippen LogP contribution in [0.1, 0.15) is 38.1 Å². The van der Waals surface area contributed by atoms with E-state index in [1.54, 1.807) is 0 Å². The van der Waals surface area contributed by atoms with Gasteiger partial charge in [-0.1, -0.05) is 30.3 Å². The fraction of sp³-hybridized carbons (Fsp3) is 0.389. The van der Waals surface area contributed by atoms with Crippen LogP contribution in [0.25, 0.3) is 11.3 Å². The molecule has 0 aliphatic carbocycles. The third-order valence-electron chi connectivity index (χ3n) is 3.36. The summed E-state index contributed by atoms with van der Waals surface area (Å²) in [5, 5.41) is 13.6. The van der Waals surface area contributed by atoms with Crippen LogP contribution in [0.4, 0.5) is 0 Å². The van der Waals surface area contributed by atoms with Crippen molar-refractivity contribution in [3.8, 4) is 11.3 Å². The number of hydrogen-bond donors (Lipinski definition) is 2. The summed E-state index contributed by atoms with van der Waals surface area (Å²) in [7, 11) is 0. The van der Waals surface area contributed by atoms with Crippen molar-refractivity contribution >= 4 is 0 Å². The Balaban J connectivity index is 2.20. The number of nitrogens with zero attached hydrogens (tertiary/aromatic N) is 1. The molecule has 2 rings (SSSR count). The lowest BCUT2D eigenvalue weighted by Gasteiger charge is -2.22. The van der Waals surface area contributed by atoms with Crippen molar-refractivity contribution in [2.75, 3.05) is 6.54 Å². The van der Waals surface area contributed by atoms with Gasteiger partial charge >= 0.3 is 0 Å². The van der Waals surface area contributed by atoms with Crippen LogP contribution in [0.5, 0.6) is 0 Å². The zero-order chi connectivity index (χ0) is 15.5. The van der Waals surface area contributed by atoms with E-state index in [1.165, 1.54) is 5.56 Å². The number of pyridine rings is 1. The van der Waals surface area contributed by atoms with Gasteiger partial charge in [-0.2, -0.15) is 0 Å². The third-order valence-corrected chi connectivity index (χ3v) is 3.36. The summed E-state index contributed by atoms with van der Waals surface area (Å²) in [4.78, 5) is 4.61. The smallest absolute Gasteiger partial charge is 0.108 e. The van der Waals surface area contributed by atoms with Crippen LogP contribution in [0, 0.1) is 6.92 Å². The summed E-state index contributed by atoms with van der Waals surface area (Å²) >= 11 is 0. The van der Waals surface area contributed by atoms with Crippen molar-refractivity contribution in [3.05, 3.63) is 53.7 Å². The van der Waals surface area contributed by atoms with Crippen LogP contribution in [0.3, 0.4) is 0 Å². The molecule has 0 aliphatic heterocycles. The molecule has 1 aromatic heterocycles. The lowest BCUT2D eigenvalue weighted by Crippen LogP contribution is -2.38. The third kappa shape index (κ3) is 4.38. The van der Waals surface area contributed by atoms with E-state index in [0.29, 0.717) is 12.2 Å². The van der Waals surface area contributed by atoms with E-state index < -0.39 is 6.10 Å². The molecule has 0 spiro atoms. The second kappa shape index (κ2) is 6.37. The van der Waals surface area contributed by atoms with E-state index >= 15 is 0 Å². The Morgan fingerprint density at radius 1 is 1.10 bits per heavy atom. The number of aromatic nitrogens is 1. The van der Waals surface area contributed by atoms with Gasteiger partial charge in [0.05, 0.1) is 11.4 Å². The van der Waals surface area contributed by atoms with E-state index in [9.17, 15) is 5.11 Å². The molecule has 0 amide bonds. The molecule has 3 nitrogen and oxygen atoms in total. The summed E-state index contributed by atoms with van der Waals surface area (Å²) in [5.74, 6) is 0. The van der Waals surface area contributed by atoms with Crippen LogP contribution in [-0.2, 0) is 0 Å². The SMILES string of the molecule is Cc1ccccc1-c1cccc([C@@H](O)CNC(C)(C)C)n1. The predicted octanol–water partition coefficient (Wildman–Crippen LogP) is 3.48. The van der Waals surface area contributed by atoms with Gasteiger partial charge in [0, 0.05) is 17.6 Å². The Morgan fingerprint density at radius 3 is 2.48 bits per heavy atom. The van der Waals surface area contributed by atoms with Crippen molar-refractivity contribution in [1.82, 2.24) is 10.3 Å². The first-order valence-electron chi connectivity index (χ1n) is 7.33. The highest BCUT2D eigenvalue weighted by molar-refractivity contribution is 5.63. The first-order valence-corrected chi connectivity index (χ1v) is 7.33. The molecule has 0 aliphatic rings. The maximum atomic E-state index is 10.3. The Bertz CT molecular complexity index is 602. The minimum Gasteiger partial charge on any atom is -0.385 e. The number of aliphatic hydroxyl groups excluding tert-OH is 1. The van der Waals surface area contributed by atoms with E-state index in [2.05, 4.69) is 50.1 Å². The molecule has 0 saturated heterocycles. The lowest BCUT2D eigenvalue weighted by molar-refractivity contribution is 0.159. The molecule has 1 heterocycles. The molecule has 1 atom stereocenters. The fourth-order valence-electron chi connectivity index (χ4n) is 2.15. The highest BCUT2D eigenvalue weighted by atomic mass is 16.3. The lowest BCUT2D eigenvalue weighted by atomic mass is 10.0. The molecule has 21 heavy (non-hydrogen) atoms. The Morgan fingerprint density at radius 2 is 1.81 bits per heavy atom. The number of hydrogen-bond acceptors (Lipinski definition) is 3.